The molecular formula is C8H13F3N2O3S. The average Bonchev–Trinajstić information content (AvgIpc) is 2.17. The first-order valence-electron chi connectivity index (χ1n) is 4.81. The molecule has 0 radical (unpaired) electrons. The van der Waals surface area contributed by atoms with E-state index in [4.69, 9.17) is 18.2 Å². The Hall–Kier alpha value is -0.850. The number of hydrogen-bond donors (Lipinski definition) is 1. The van der Waals surface area contributed by atoms with Crippen LogP contribution in [0.2, 0.25) is 0 Å². The standard InChI is InChI=1S/C7H12N2.CHF3O3S/c8-4-7-9-5-2-1-3-6-9;2-1(3,4)8(5,6)7/h1-3,5-7H2;(H,5,6,7). The van der Waals surface area contributed by atoms with Crippen LogP contribution in [0.3, 0.4) is 0 Å². The average molecular weight is 274 g/mol. The topological polar surface area (TPSA) is 81.4 Å². The molecule has 0 aromatic heterocycles. The monoisotopic (exact) mass is 274 g/mol. The zero-order chi connectivity index (χ0) is 13.5. The maximum absolute atomic E-state index is 10.7. The third-order valence-electron chi connectivity index (χ3n) is 2.04. The first-order chi connectivity index (χ1) is 7.68. The smallest absolute Gasteiger partial charge is 0.291 e. The predicted molar refractivity (Wildman–Crippen MR) is 53.5 cm³/mol. The van der Waals surface area contributed by atoms with E-state index in [0.29, 0.717) is 6.54 Å². The van der Waals surface area contributed by atoms with Crippen LogP contribution in [0.5, 0.6) is 0 Å². The Balaban J connectivity index is 0.000000304. The van der Waals surface area contributed by atoms with Crippen LogP contribution in [0.4, 0.5) is 13.2 Å². The minimum absolute atomic E-state index is 0.625. The van der Waals surface area contributed by atoms with Gasteiger partial charge in [-0.2, -0.15) is 26.9 Å². The van der Waals surface area contributed by atoms with Crippen LogP contribution in [0.1, 0.15) is 19.3 Å². The largest absolute Gasteiger partial charge is 0.522 e. The quantitative estimate of drug-likeness (QED) is 0.444. The molecule has 1 N–H and O–H groups in total. The number of piperidine rings is 1. The van der Waals surface area contributed by atoms with Gasteiger partial charge in [0.1, 0.15) is 0 Å². The lowest BCUT2D eigenvalue weighted by atomic mass is 10.1. The highest BCUT2D eigenvalue weighted by Crippen LogP contribution is 2.20. The summed E-state index contributed by atoms with van der Waals surface area (Å²) in [5, 5.41) is 8.33. The Morgan fingerprint density at radius 2 is 1.65 bits per heavy atom. The van der Waals surface area contributed by atoms with E-state index < -0.39 is 15.6 Å². The molecule has 0 aliphatic carbocycles. The van der Waals surface area contributed by atoms with Crippen molar-refractivity contribution in [1.82, 2.24) is 4.90 Å². The lowest BCUT2D eigenvalue weighted by molar-refractivity contribution is -0.0510. The van der Waals surface area contributed by atoms with Crippen molar-refractivity contribution in [3.63, 3.8) is 0 Å². The summed E-state index contributed by atoms with van der Waals surface area (Å²) in [6.07, 6.45) is 3.91. The molecule has 1 saturated heterocycles. The maximum Gasteiger partial charge on any atom is 0.522 e. The van der Waals surface area contributed by atoms with Gasteiger partial charge in [-0.15, -0.1) is 0 Å². The van der Waals surface area contributed by atoms with Gasteiger partial charge in [0.05, 0.1) is 12.6 Å². The summed E-state index contributed by atoms with van der Waals surface area (Å²) in [5.74, 6) is 0. The molecule has 17 heavy (non-hydrogen) atoms. The van der Waals surface area contributed by atoms with Gasteiger partial charge in [0.25, 0.3) is 0 Å². The van der Waals surface area contributed by atoms with Gasteiger partial charge in [-0.05, 0) is 25.9 Å². The van der Waals surface area contributed by atoms with Crippen molar-refractivity contribution in [2.75, 3.05) is 19.6 Å². The first-order valence-corrected chi connectivity index (χ1v) is 6.25. The summed E-state index contributed by atoms with van der Waals surface area (Å²) >= 11 is 0. The number of nitriles is 1. The fourth-order valence-electron chi connectivity index (χ4n) is 1.22. The molecule has 0 unspecified atom stereocenters. The van der Waals surface area contributed by atoms with E-state index in [1.807, 2.05) is 0 Å². The molecule has 1 aliphatic heterocycles. The highest BCUT2D eigenvalue weighted by atomic mass is 32.2. The Morgan fingerprint density at radius 1 is 1.24 bits per heavy atom. The van der Waals surface area contributed by atoms with Crippen molar-refractivity contribution in [1.29, 1.82) is 5.26 Å². The van der Waals surface area contributed by atoms with Gasteiger partial charge >= 0.3 is 15.6 Å². The fraction of sp³-hybridized carbons (Fsp3) is 0.875. The molecule has 1 rings (SSSR count). The Morgan fingerprint density at radius 3 is 1.94 bits per heavy atom. The SMILES string of the molecule is N#CCN1CCCCC1.O=S(=O)(O)C(F)(F)F. The van der Waals surface area contributed by atoms with E-state index in [-0.39, 0.29) is 0 Å². The van der Waals surface area contributed by atoms with Crippen molar-refractivity contribution < 1.29 is 26.1 Å². The summed E-state index contributed by atoms with van der Waals surface area (Å²) in [6.45, 7) is 2.89. The molecule has 0 aromatic rings. The summed E-state index contributed by atoms with van der Waals surface area (Å²) < 4.78 is 57.5. The van der Waals surface area contributed by atoms with Crippen molar-refractivity contribution in [2.24, 2.45) is 0 Å². The summed E-state index contributed by atoms with van der Waals surface area (Å²) in [6, 6.07) is 2.16. The minimum Gasteiger partial charge on any atom is -0.291 e. The van der Waals surface area contributed by atoms with Crippen LogP contribution in [-0.4, -0.2) is 43.0 Å². The second kappa shape index (κ2) is 6.78. The lowest BCUT2D eigenvalue weighted by Crippen LogP contribution is -2.29. The van der Waals surface area contributed by atoms with Gasteiger partial charge in [-0.3, -0.25) is 9.45 Å². The fourth-order valence-corrected chi connectivity index (χ4v) is 1.22. The second-order valence-electron chi connectivity index (χ2n) is 3.42. The van der Waals surface area contributed by atoms with Crippen molar-refractivity contribution in [3.05, 3.63) is 0 Å². The molecule has 0 bridgehead atoms. The predicted octanol–water partition coefficient (Wildman–Crippen LogP) is 1.39. The molecule has 1 heterocycles. The Labute approximate surface area is 97.6 Å². The Kier molecular flexibility index (Phi) is 6.44. The number of likely N-dealkylation sites (tertiary alicyclic amines) is 1. The van der Waals surface area contributed by atoms with E-state index >= 15 is 0 Å². The van der Waals surface area contributed by atoms with E-state index in [1.54, 1.807) is 0 Å². The molecule has 9 heteroatoms. The number of rotatable bonds is 1. The minimum atomic E-state index is -5.84. The van der Waals surface area contributed by atoms with Crippen molar-refractivity contribution >= 4 is 10.1 Å². The van der Waals surface area contributed by atoms with Crippen molar-refractivity contribution in [3.8, 4) is 6.07 Å². The molecule has 1 fully saturated rings. The molecule has 5 nitrogen and oxygen atoms in total. The second-order valence-corrected chi connectivity index (χ2v) is 4.83. The molecular weight excluding hydrogens is 261 g/mol. The van der Waals surface area contributed by atoms with Gasteiger partial charge in [0.15, 0.2) is 0 Å². The van der Waals surface area contributed by atoms with Gasteiger partial charge in [0.2, 0.25) is 0 Å². The molecule has 0 aromatic carbocycles. The maximum atomic E-state index is 10.7. The summed E-state index contributed by atoms with van der Waals surface area (Å²) in [5.41, 5.74) is -5.53. The third-order valence-corrected chi connectivity index (χ3v) is 2.62. The molecule has 0 atom stereocenters. The highest BCUT2D eigenvalue weighted by Gasteiger charge is 2.44. The number of hydrogen-bond acceptors (Lipinski definition) is 4. The molecule has 0 amide bonds. The van der Waals surface area contributed by atoms with E-state index in [0.717, 1.165) is 13.1 Å². The van der Waals surface area contributed by atoms with E-state index in [2.05, 4.69) is 11.0 Å². The van der Waals surface area contributed by atoms with Gasteiger partial charge in [0, 0.05) is 0 Å². The Bertz CT molecular complexity index is 355. The van der Waals surface area contributed by atoms with E-state index in [9.17, 15) is 13.2 Å². The highest BCUT2D eigenvalue weighted by molar-refractivity contribution is 7.86. The van der Waals surface area contributed by atoms with E-state index in [1.165, 1.54) is 19.3 Å². The lowest BCUT2D eigenvalue weighted by Gasteiger charge is -2.22. The normalized spacial score (nSPS) is 17.8. The third kappa shape index (κ3) is 7.14. The summed E-state index contributed by atoms with van der Waals surface area (Å²) in [4.78, 5) is 2.21. The number of halogens is 3. The zero-order valence-corrected chi connectivity index (χ0v) is 9.76. The van der Waals surface area contributed by atoms with Gasteiger partial charge in [-0.1, -0.05) is 6.42 Å². The first kappa shape index (κ1) is 16.1. The van der Waals surface area contributed by atoms with Crippen LogP contribution < -0.4 is 0 Å². The number of alkyl halides is 3. The van der Waals surface area contributed by atoms with Crippen LogP contribution in [0, 0.1) is 11.3 Å². The molecule has 100 valence electrons. The summed E-state index contributed by atoms with van der Waals surface area (Å²) in [7, 11) is -5.84. The van der Waals surface area contributed by atoms with Gasteiger partial charge < -0.3 is 0 Å². The molecule has 1 aliphatic rings. The van der Waals surface area contributed by atoms with Crippen LogP contribution in [0.25, 0.3) is 0 Å². The van der Waals surface area contributed by atoms with Crippen LogP contribution in [-0.2, 0) is 10.1 Å². The van der Waals surface area contributed by atoms with Crippen LogP contribution >= 0.6 is 0 Å². The molecule has 0 saturated carbocycles. The molecule has 0 spiro atoms. The van der Waals surface area contributed by atoms with Crippen LogP contribution in [0.15, 0.2) is 0 Å². The number of nitrogens with zero attached hydrogens (tertiary/aromatic N) is 2. The van der Waals surface area contributed by atoms with Crippen molar-refractivity contribution in [2.45, 2.75) is 24.8 Å². The van der Waals surface area contributed by atoms with Gasteiger partial charge in [-0.25, -0.2) is 0 Å². The zero-order valence-electron chi connectivity index (χ0n) is 8.94.